The summed E-state index contributed by atoms with van der Waals surface area (Å²) in [5.41, 5.74) is 3.46. The van der Waals surface area contributed by atoms with Gasteiger partial charge in [-0.15, -0.1) is 0 Å². The Balaban J connectivity index is 1.70. The molecule has 1 atom stereocenters. The van der Waals surface area contributed by atoms with Crippen molar-refractivity contribution < 1.29 is 4.79 Å². The fourth-order valence-corrected chi connectivity index (χ4v) is 5.40. The Labute approximate surface area is 178 Å². The number of benzene rings is 2. The number of hydrogen-bond acceptors (Lipinski definition) is 4. The summed E-state index contributed by atoms with van der Waals surface area (Å²) in [4.78, 5) is 16.8. The fourth-order valence-electron chi connectivity index (χ4n) is 3.57. The predicted octanol–water partition coefficient (Wildman–Crippen LogP) is 5.52. The Kier molecular flexibility index (Phi) is 5.29. The number of carbonyl (C=O) groups is 1. The first-order valence-electron chi connectivity index (χ1n) is 8.82. The van der Waals surface area contributed by atoms with Gasteiger partial charge in [0, 0.05) is 28.1 Å². The molecule has 0 unspecified atom stereocenters. The van der Waals surface area contributed by atoms with Crippen LogP contribution in [0.15, 0.2) is 53.1 Å². The predicted molar refractivity (Wildman–Crippen MR) is 114 cm³/mol. The van der Waals surface area contributed by atoms with Crippen molar-refractivity contribution in [1.82, 2.24) is 4.90 Å². The minimum absolute atomic E-state index is 0.0284. The quantitative estimate of drug-likeness (QED) is 0.630. The van der Waals surface area contributed by atoms with Crippen molar-refractivity contribution in [1.29, 1.82) is 5.26 Å². The zero-order valence-electron chi connectivity index (χ0n) is 15.2. The third kappa shape index (κ3) is 3.37. The highest BCUT2D eigenvalue weighted by molar-refractivity contribution is 8.03. The van der Waals surface area contributed by atoms with Crippen LogP contribution in [-0.4, -0.2) is 23.4 Å². The van der Waals surface area contributed by atoms with Gasteiger partial charge < -0.3 is 4.90 Å². The largest absolute Gasteiger partial charge is 0.344 e. The molecule has 0 aliphatic carbocycles. The number of halogens is 2. The van der Waals surface area contributed by atoms with Crippen LogP contribution in [0, 0.1) is 18.3 Å². The van der Waals surface area contributed by atoms with Crippen LogP contribution >= 0.6 is 35.0 Å². The van der Waals surface area contributed by atoms with E-state index in [1.54, 1.807) is 23.1 Å². The Morgan fingerprint density at radius 3 is 2.46 bits per heavy atom. The van der Waals surface area contributed by atoms with Crippen LogP contribution in [0.2, 0.25) is 10.0 Å². The molecule has 0 saturated carbocycles. The molecular formula is C21H17Cl2N3OS. The smallest absolute Gasteiger partial charge is 0.229 e. The van der Waals surface area contributed by atoms with Crippen molar-refractivity contribution in [2.24, 2.45) is 0 Å². The first-order chi connectivity index (χ1) is 13.5. The molecule has 2 aliphatic heterocycles. The summed E-state index contributed by atoms with van der Waals surface area (Å²) in [6.07, 6.45) is 0.179. The van der Waals surface area contributed by atoms with E-state index in [1.807, 2.05) is 6.92 Å². The molecule has 142 valence electrons. The van der Waals surface area contributed by atoms with E-state index in [0.29, 0.717) is 38.8 Å². The van der Waals surface area contributed by atoms with Gasteiger partial charge in [-0.05, 0) is 36.8 Å². The van der Waals surface area contributed by atoms with Crippen molar-refractivity contribution in [3.63, 3.8) is 0 Å². The summed E-state index contributed by atoms with van der Waals surface area (Å²) in [5.74, 6) is 0.221. The highest BCUT2D eigenvalue weighted by Crippen LogP contribution is 2.46. The minimum Gasteiger partial charge on any atom is -0.344 e. The van der Waals surface area contributed by atoms with Gasteiger partial charge in [0.25, 0.3) is 0 Å². The fraction of sp³-hybridized carbons (Fsp3) is 0.238. The Hall–Kier alpha value is -2.13. The molecule has 0 bridgehead atoms. The topological polar surface area (TPSA) is 47.3 Å². The standard InChI is InChI=1S/C21H17Cl2N3OS/c1-13-5-7-14(8-6-13)25-11-26-19(27)9-15(16(10-24)21(26)28-12-25)20-17(22)3-2-4-18(20)23/h2-8,15H,9,11-12H2,1H3/t15-/m0/s1. The van der Waals surface area contributed by atoms with Crippen molar-refractivity contribution >= 4 is 46.6 Å². The molecular weight excluding hydrogens is 413 g/mol. The molecule has 1 amide bonds. The molecule has 0 aromatic heterocycles. The monoisotopic (exact) mass is 429 g/mol. The maximum absolute atomic E-state index is 13.0. The summed E-state index contributed by atoms with van der Waals surface area (Å²) < 4.78 is 0. The van der Waals surface area contributed by atoms with E-state index in [4.69, 9.17) is 23.2 Å². The molecule has 2 aliphatic rings. The average Bonchev–Trinajstić information content (AvgIpc) is 2.68. The van der Waals surface area contributed by atoms with Crippen LogP contribution in [0.25, 0.3) is 0 Å². The lowest BCUT2D eigenvalue weighted by atomic mass is 9.86. The third-order valence-electron chi connectivity index (χ3n) is 5.04. The number of aryl methyl sites for hydroxylation is 1. The zero-order chi connectivity index (χ0) is 19.8. The van der Waals surface area contributed by atoms with E-state index in [-0.39, 0.29) is 12.3 Å². The SMILES string of the molecule is Cc1ccc(N2CSC3=C(C#N)[C@@H](c4c(Cl)cccc4Cl)CC(=O)N3C2)cc1. The first kappa shape index (κ1) is 19.2. The number of hydrogen-bond donors (Lipinski definition) is 0. The lowest BCUT2D eigenvalue weighted by Crippen LogP contribution is -2.47. The number of nitriles is 1. The van der Waals surface area contributed by atoms with Crippen LogP contribution in [0.1, 0.15) is 23.5 Å². The van der Waals surface area contributed by atoms with Crippen molar-refractivity contribution in [3.8, 4) is 6.07 Å². The second kappa shape index (κ2) is 7.71. The molecule has 0 radical (unpaired) electrons. The summed E-state index contributed by atoms with van der Waals surface area (Å²) in [7, 11) is 0. The van der Waals surface area contributed by atoms with Gasteiger partial charge in [0.05, 0.1) is 29.2 Å². The highest BCUT2D eigenvalue weighted by Gasteiger charge is 2.39. The van der Waals surface area contributed by atoms with Gasteiger partial charge in [0.1, 0.15) is 0 Å². The maximum Gasteiger partial charge on any atom is 0.229 e. The number of carbonyl (C=O) groups excluding carboxylic acids is 1. The Bertz CT molecular complexity index is 993. The molecule has 1 fully saturated rings. The molecule has 1 saturated heterocycles. The van der Waals surface area contributed by atoms with Gasteiger partial charge in [0.15, 0.2) is 0 Å². The van der Waals surface area contributed by atoms with Gasteiger partial charge in [-0.25, -0.2) is 0 Å². The molecule has 28 heavy (non-hydrogen) atoms. The van der Waals surface area contributed by atoms with E-state index in [0.717, 1.165) is 5.69 Å². The number of thioether (sulfide) groups is 1. The second-order valence-corrected chi connectivity index (χ2v) is 8.58. The summed E-state index contributed by atoms with van der Waals surface area (Å²) in [6, 6.07) is 15.8. The maximum atomic E-state index is 13.0. The summed E-state index contributed by atoms with van der Waals surface area (Å²) >= 11 is 14.2. The number of amides is 1. The van der Waals surface area contributed by atoms with Crippen molar-refractivity contribution in [2.75, 3.05) is 17.4 Å². The van der Waals surface area contributed by atoms with Crippen LogP contribution < -0.4 is 4.90 Å². The van der Waals surface area contributed by atoms with Crippen LogP contribution in [-0.2, 0) is 4.79 Å². The first-order valence-corrected chi connectivity index (χ1v) is 10.6. The molecule has 4 nitrogen and oxygen atoms in total. The Morgan fingerprint density at radius 2 is 1.82 bits per heavy atom. The van der Waals surface area contributed by atoms with Gasteiger partial charge in [-0.1, -0.05) is 58.7 Å². The summed E-state index contributed by atoms with van der Waals surface area (Å²) in [5, 5.41) is 11.6. The zero-order valence-corrected chi connectivity index (χ0v) is 17.5. The second-order valence-electron chi connectivity index (χ2n) is 6.83. The van der Waals surface area contributed by atoms with E-state index in [2.05, 4.69) is 35.2 Å². The van der Waals surface area contributed by atoms with Gasteiger partial charge >= 0.3 is 0 Å². The van der Waals surface area contributed by atoms with Crippen LogP contribution in [0.3, 0.4) is 0 Å². The normalized spacial score (nSPS) is 19.5. The lowest BCUT2D eigenvalue weighted by Gasteiger charge is -2.42. The molecule has 2 heterocycles. The van der Waals surface area contributed by atoms with Crippen LogP contribution in [0.5, 0.6) is 0 Å². The van der Waals surface area contributed by atoms with Gasteiger partial charge in [-0.3, -0.25) is 9.69 Å². The molecule has 0 spiro atoms. The number of rotatable bonds is 2. The molecule has 2 aromatic rings. The minimum atomic E-state index is -0.414. The number of fused-ring (bicyclic) bond motifs is 1. The highest BCUT2D eigenvalue weighted by atomic mass is 35.5. The van der Waals surface area contributed by atoms with E-state index < -0.39 is 5.92 Å². The third-order valence-corrected chi connectivity index (χ3v) is 6.85. The lowest BCUT2D eigenvalue weighted by molar-refractivity contribution is -0.129. The van der Waals surface area contributed by atoms with E-state index >= 15 is 0 Å². The molecule has 4 rings (SSSR count). The molecule has 7 heteroatoms. The average molecular weight is 430 g/mol. The number of nitrogens with zero attached hydrogens (tertiary/aromatic N) is 3. The van der Waals surface area contributed by atoms with Gasteiger partial charge in [-0.2, -0.15) is 5.26 Å². The van der Waals surface area contributed by atoms with E-state index in [1.165, 1.54) is 17.3 Å². The number of allylic oxidation sites excluding steroid dienone is 1. The molecule has 2 aromatic carbocycles. The number of anilines is 1. The summed E-state index contributed by atoms with van der Waals surface area (Å²) in [6.45, 7) is 2.47. The van der Waals surface area contributed by atoms with Gasteiger partial charge in [0.2, 0.25) is 5.91 Å². The Morgan fingerprint density at radius 1 is 1.14 bits per heavy atom. The van der Waals surface area contributed by atoms with Crippen molar-refractivity contribution in [3.05, 3.63) is 74.2 Å². The van der Waals surface area contributed by atoms with Crippen LogP contribution in [0.4, 0.5) is 5.69 Å². The molecule has 0 N–H and O–H groups in total. The van der Waals surface area contributed by atoms with Crippen molar-refractivity contribution in [2.45, 2.75) is 19.3 Å². The van der Waals surface area contributed by atoms with E-state index in [9.17, 15) is 10.1 Å².